The molecule has 7 nitrogen and oxygen atoms in total. The third-order valence-corrected chi connectivity index (χ3v) is 3.46. The van der Waals surface area contributed by atoms with E-state index in [2.05, 4.69) is 0 Å². The van der Waals surface area contributed by atoms with E-state index >= 15 is 0 Å². The molecule has 0 aromatic rings. The highest BCUT2D eigenvalue weighted by Gasteiger charge is 2.49. The largest absolute Gasteiger partial charge is 0.462 e. The highest BCUT2D eigenvalue weighted by atomic mass is 19.1. The van der Waals surface area contributed by atoms with E-state index in [-0.39, 0.29) is 0 Å². The normalized spacial score (nSPS) is 31.5. The molecule has 1 aliphatic rings. The van der Waals surface area contributed by atoms with Gasteiger partial charge in [0.1, 0.15) is 18.8 Å². The second-order valence-electron chi connectivity index (χ2n) is 7.97. The molecule has 0 unspecified atom stereocenters. The van der Waals surface area contributed by atoms with Crippen molar-refractivity contribution in [2.24, 2.45) is 10.8 Å². The molecule has 0 radical (unpaired) electrons. The van der Waals surface area contributed by atoms with Crippen molar-refractivity contribution < 1.29 is 38.4 Å². The zero-order valence-corrected chi connectivity index (χ0v) is 14.9. The van der Waals surface area contributed by atoms with Crippen LogP contribution in [0.2, 0.25) is 0 Å². The quantitative estimate of drug-likeness (QED) is 0.731. The van der Waals surface area contributed by atoms with Crippen LogP contribution in [0.5, 0.6) is 0 Å². The fourth-order valence-corrected chi connectivity index (χ4v) is 1.84. The number of alkyl halides is 1. The van der Waals surface area contributed by atoms with E-state index in [1.54, 1.807) is 41.5 Å². The predicted molar refractivity (Wildman–Crippen MR) is 81.5 cm³/mol. The maximum atomic E-state index is 14.6. The minimum Gasteiger partial charge on any atom is -0.462 e. The van der Waals surface area contributed by atoms with Crippen LogP contribution in [0.3, 0.4) is 0 Å². The lowest BCUT2D eigenvalue weighted by atomic mass is 9.95. The highest BCUT2D eigenvalue weighted by Crippen LogP contribution is 2.28. The lowest BCUT2D eigenvalue weighted by molar-refractivity contribution is -0.281. The van der Waals surface area contributed by atoms with Gasteiger partial charge in [-0.3, -0.25) is 9.59 Å². The Kier molecular flexibility index (Phi) is 6.35. The molecule has 0 amide bonds. The Labute approximate surface area is 141 Å². The number of hydrogen-bond donors (Lipinski definition) is 2. The van der Waals surface area contributed by atoms with E-state index in [9.17, 15) is 24.2 Å². The maximum absolute atomic E-state index is 14.6. The SMILES string of the molecule is CC(C)(C)C(=O)OC[C@H]1O[C@@H](O)[C@H](O)[C@@H](OC(=O)C(C)(C)C)[C@@H]1F. The lowest BCUT2D eigenvalue weighted by Gasteiger charge is -2.39. The number of aliphatic hydroxyl groups is 2. The van der Waals surface area contributed by atoms with Crippen molar-refractivity contribution in [2.45, 2.75) is 72.3 Å². The average Bonchev–Trinajstić information content (AvgIpc) is 2.43. The number of ether oxygens (including phenoxy) is 3. The molecule has 0 spiro atoms. The number of carbonyl (C=O) groups excluding carboxylic acids is 2. The van der Waals surface area contributed by atoms with Gasteiger partial charge in [-0.25, -0.2) is 4.39 Å². The molecule has 1 rings (SSSR count). The van der Waals surface area contributed by atoms with Crippen molar-refractivity contribution in [1.29, 1.82) is 0 Å². The third-order valence-electron chi connectivity index (χ3n) is 3.46. The van der Waals surface area contributed by atoms with Gasteiger partial charge in [0.05, 0.1) is 10.8 Å². The van der Waals surface area contributed by atoms with Crippen LogP contribution in [0.15, 0.2) is 0 Å². The molecular formula is C16H27FO7. The van der Waals surface area contributed by atoms with Crippen LogP contribution in [0.1, 0.15) is 41.5 Å². The first kappa shape index (κ1) is 20.8. The minimum atomic E-state index is -1.96. The van der Waals surface area contributed by atoms with E-state index in [0.29, 0.717) is 0 Å². The molecule has 0 aliphatic carbocycles. The summed E-state index contributed by atoms with van der Waals surface area (Å²) in [5.74, 6) is -1.30. The zero-order valence-electron chi connectivity index (χ0n) is 14.9. The van der Waals surface area contributed by atoms with E-state index < -0.39 is 60.1 Å². The molecule has 0 aromatic carbocycles. The summed E-state index contributed by atoms with van der Waals surface area (Å²) in [5, 5.41) is 19.6. The van der Waals surface area contributed by atoms with Crippen LogP contribution in [0, 0.1) is 10.8 Å². The maximum Gasteiger partial charge on any atom is 0.311 e. The molecular weight excluding hydrogens is 323 g/mol. The first-order valence-electron chi connectivity index (χ1n) is 7.79. The van der Waals surface area contributed by atoms with Crippen LogP contribution < -0.4 is 0 Å². The van der Waals surface area contributed by atoms with Gasteiger partial charge < -0.3 is 24.4 Å². The summed E-state index contributed by atoms with van der Waals surface area (Å²) >= 11 is 0. The summed E-state index contributed by atoms with van der Waals surface area (Å²) in [6, 6.07) is 0. The number of halogens is 1. The van der Waals surface area contributed by atoms with Crippen molar-refractivity contribution in [3.05, 3.63) is 0 Å². The van der Waals surface area contributed by atoms with Crippen molar-refractivity contribution in [3.63, 3.8) is 0 Å². The molecule has 0 aromatic heterocycles. The summed E-state index contributed by atoms with van der Waals surface area (Å²) in [6.07, 6.45) is -8.41. The topological polar surface area (TPSA) is 102 Å². The fourth-order valence-electron chi connectivity index (χ4n) is 1.84. The van der Waals surface area contributed by atoms with Crippen LogP contribution in [-0.2, 0) is 23.8 Å². The molecule has 0 saturated carbocycles. The predicted octanol–water partition coefficient (Wildman–Crippen LogP) is 0.950. The minimum absolute atomic E-state index is 0.468. The monoisotopic (exact) mass is 350 g/mol. The van der Waals surface area contributed by atoms with Crippen molar-refractivity contribution in [3.8, 4) is 0 Å². The van der Waals surface area contributed by atoms with Gasteiger partial charge in [-0.1, -0.05) is 0 Å². The second-order valence-corrected chi connectivity index (χ2v) is 7.97. The average molecular weight is 350 g/mol. The third kappa shape index (κ3) is 5.12. The van der Waals surface area contributed by atoms with E-state index in [1.807, 2.05) is 0 Å². The standard InChI is InChI=1S/C16H27FO7/c1-15(2,3)13(20)22-7-8-9(17)11(10(18)12(19)23-8)24-14(21)16(4,5)6/h8-12,18-19H,7H2,1-6H3/t8-,9-,10-,11+,12-/m1/s1. The van der Waals surface area contributed by atoms with Gasteiger partial charge in [0.15, 0.2) is 18.6 Å². The van der Waals surface area contributed by atoms with Gasteiger partial charge in [0.25, 0.3) is 0 Å². The molecule has 8 heteroatoms. The number of hydrogen-bond acceptors (Lipinski definition) is 7. The number of rotatable bonds is 3. The van der Waals surface area contributed by atoms with Crippen LogP contribution in [-0.4, -0.2) is 59.5 Å². The summed E-state index contributed by atoms with van der Waals surface area (Å²) in [7, 11) is 0. The van der Waals surface area contributed by atoms with E-state index in [4.69, 9.17) is 14.2 Å². The molecule has 1 saturated heterocycles. The summed E-state index contributed by atoms with van der Waals surface area (Å²) in [6.45, 7) is 9.17. The molecule has 140 valence electrons. The van der Waals surface area contributed by atoms with Crippen LogP contribution in [0.25, 0.3) is 0 Å². The van der Waals surface area contributed by atoms with E-state index in [0.717, 1.165) is 0 Å². The summed E-state index contributed by atoms with van der Waals surface area (Å²) < 4.78 is 29.5. The molecule has 5 atom stereocenters. The van der Waals surface area contributed by atoms with Gasteiger partial charge in [-0.05, 0) is 41.5 Å². The molecule has 0 bridgehead atoms. The zero-order chi connectivity index (χ0) is 18.9. The summed E-state index contributed by atoms with van der Waals surface area (Å²) in [4.78, 5) is 23.7. The summed E-state index contributed by atoms with van der Waals surface area (Å²) in [5.41, 5.74) is -1.69. The number of carbonyl (C=O) groups is 2. The second kappa shape index (κ2) is 7.33. The Morgan fingerprint density at radius 2 is 1.54 bits per heavy atom. The molecule has 1 heterocycles. The van der Waals surface area contributed by atoms with Crippen molar-refractivity contribution in [2.75, 3.05) is 6.61 Å². The van der Waals surface area contributed by atoms with Crippen molar-refractivity contribution in [1.82, 2.24) is 0 Å². The van der Waals surface area contributed by atoms with Gasteiger partial charge >= 0.3 is 11.9 Å². The first-order chi connectivity index (χ1) is 10.7. The van der Waals surface area contributed by atoms with Crippen LogP contribution in [0.4, 0.5) is 4.39 Å². The molecule has 1 aliphatic heterocycles. The Bertz CT molecular complexity index is 466. The van der Waals surface area contributed by atoms with Gasteiger partial charge in [-0.2, -0.15) is 0 Å². The molecule has 2 N–H and O–H groups in total. The first-order valence-corrected chi connectivity index (χ1v) is 7.79. The molecule has 1 fully saturated rings. The fraction of sp³-hybridized carbons (Fsp3) is 0.875. The lowest BCUT2D eigenvalue weighted by Crippen LogP contribution is -2.59. The van der Waals surface area contributed by atoms with E-state index in [1.165, 1.54) is 0 Å². The Morgan fingerprint density at radius 1 is 1.04 bits per heavy atom. The van der Waals surface area contributed by atoms with Crippen LogP contribution >= 0.6 is 0 Å². The Balaban J connectivity index is 2.79. The Hall–Kier alpha value is -1.25. The van der Waals surface area contributed by atoms with Crippen molar-refractivity contribution >= 4 is 11.9 Å². The highest BCUT2D eigenvalue weighted by molar-refractivity contribution is 5.76. The van der Waals surface area contributed by atoms with Gasteiger partial charge in [-0.15, -0.1) is 0 Å². The number of aliphatic hydroxyl groups excluding tert-OH is 2. The number of esters is 2. The molecule has 24 heavy (non-hydrogen) atoms. The van der Waals surface area contributed by atoms with Gasteiger partial charge in [0.2, 0.25) is 0 Å². The smallest absolute Gasteiger partial charge is 0.311 e. The Morgan fingerprint density at radius 3 is 2.00 bits per heavy atom. The van der Waals surface area contributed by atoms with Gasteiger partial charge in [0, 0.05) is 0 Å².